The highest BCUT2D eigenvalue weighted by molar-refractivity contribution is 5.81. The lowest BCUT2D eigenvalue weighted by Gasteiger charge is -2.07. The average Bonchev–Trinajstić information content (AvgIpc) is 1.85. The summed E-state index contributed by atoms with van der Waals surface area (Å²) in [4.78, 5) is 4.08. The van der Waals surface area contributed by atoms with Gasteiger partial charge in [-0.25, -0.2) is 4.99 Å². The number of nitrogens with one attached hydrogen (secondary N) is 2. The lowest BCUT2D eigenvalue weighted by atomic mass is 10.5. The Bertz CT molecular complexity index is 192. The van der Waals surface area contributed by atoms with Gasteiger partial charge in [-0.2, -0.15) is 0 Å². The molecule has 62 valence electrons. The molecule has 0 spiro atoms. The first kappa shape index (κ1) is 9.75. The fourth-order valence-corrected chi connectivity index (χ4v) is 0.595. The minimum Gasteiger partial charge on any atom is -0.375 e. The molecule has 0 unspecified atom stereocenters. The Balaban J connectivity index is 3.96. The van der Waals surface area contributed by atoms with Crippen LogP contribution in [0.4, 0.5) is 0 Å². The topological polar surface area (TPSA) is 36.4 Å². The lowest BCUT2D eigenvalue weighted by Crippen LogP contribution is -2.26. The summed E-state index contributed by atoms with van der Waals surface area (Å²) >= 11 is 0. The first-order chi connectivity index (χ1) is 5.06. The third-order valence-electron chi connectivity index (χ3n) is 0.992. The quantitative estimate of drug-likeness (QED) is 0.472. The summed E-state index contributed by atoms with van der Waals surface area (Å²) in [6, 6.07) is 0. The SMILES string of the molecule is C=C(C)/N=C(\C)NC(=C)NC. The van der Waals surface area contributed by atoms with Gasteiger partial charge in [-0.05, 0) is 13.8 Å². The van der Waals surface area contributed by atoms with Crippen molar-refractivity contribution in [3.63, 3.8) is 0 Å². The van der Waals surface area contributed by atoms with Crippen LogP contribution in [-0.2, 0) is 0 Å². The molecule has 0 aromatic carbocycles. The van der Waals surface area contributed by atoms with E-state index in [1.54, 1.807) is 7.05 Å². The fourth-order valence-electron chi connectivity index (χ4n) is 0.595. The van der Waals surface area contributed by atoms with Gasteiger partial charge in [0.2, 0.25) is 0 Å². The van der Waals surface area contributed by atoms with Crippen LogP contribution in [0.1, 0.15) is 13.8 Å². The van der Waals surface area contributed by atoms with E-state index in [0.29, 0.717) is 0 Å². The molecule has 0 rings (SSSR count). The van der Waals surface area contributed by atoms with Gasteiger partial charge in [0.05, 0.1) is 5.82 Å². The minimum absolute atomic E-state index is 0.729. The van der Waals surface area contributed by atoms with Gasteiger partial charge in [-0.3, -0.25) is 0 Å². The molecule has 0 aromatic rings. The van der Waals surface area contributed by atoms with Crippen LogP contribution < -0.4 is 10.6 Å². The standard InChI is InChI=1S/C8H15N3/c1-6(2)10-8(4)11-7(3)9-5/h9H,1,3H2,2,4-5H3,(H,10,11). The van der Waals surface area contributed by atoms with E-state index in [1.165, 1.54) is 0 Å². The van der Waals surface area contributed by atoms with E-state index in [9.17, 15) is 0 Å². The monoisotopic (exact) mass is 153 g/mol. The maximum atomic E-state index is 4.08. The van der Waals surface area contributed by atoms with E-state index in [0.717, 1.165) is 17.4 Å². The van der Waals surface area contributed by atoms with Crippen LogP contribution in [0.15, 0.2) is 29.7 Å². The molecule has 0 fully saturated rings. The van der Waals surface area contributed by atoms with Crippen molar-refractivity contribution in [2.45, 2.75) is 13.8 Å². The number of nitrogens with zero attached hydrogens (tertiary/aromatic N) is 1. The zero-order chi connectivity index (χ0) is 8.85. The summed E-state index contributed by atoms with van der Waals surface area (Å²) in [6.07, 6.45) is 0. The van der Waals surface area contributed by atoms with E-state index in [-0.39, 0.29) is 0 Å². The maximum Gasteiger partial charge on any atom is 0.104 e. The molecule has 0 aliphatic heterocycles. The highest BCUT2D eigenvalue weighted by Crippen LogP contribution is 1.89. The predicted molar refractivity (Wildman–Crippen MR) is 49.3 cm³/mol. The molecule has 0 radical (unpaired) electrons. The Labute approximate surface area is 67.9 Å². The van der Waals surface area contributed by atoms with E-state index in [4.69, 9.17) is 0 Å². The Morgan fingerprint density at radius 1 is 1.27 bits per heavy atom. The van der Waals surface area contributed by atoms with Crippen LogP contribution in [0.5, 0.6) is 0 Å². The highest BCUT2D eigenvalue weighted by Gasteiger charge is 1.90. The van der Waals surface area contributed by atoms with Gasteiger partial charge in [0.25, 0.3) is 0 Å². The van der Waals surface area contributed by atoms with Crippen LogP contribution in [0.25, 0.3) is 0 Å². The van der Waals surface area contributed by atoms with Crippen LogP contribution in [-0.4, -0.2) is 12.9 Å². The van der Waals surface area contributed by atoms with Gasteiger partial charge >= 0.3 is 0 Å². The second kappa shape index (κ2) is 4.55. The average molecular weight is 153 g/mol. The summed E-state index contributed by atoms with van der Waals surface area (Å²) < 4.78 is 0. The van der Waals surface area contributed by atoms with E-state index >= 15 is 0 Å². The molecular weight excluding hydrogens is 138 g/mol. The number of aliphatic imine (C=N–C) groups is 1. The molecule has 2 N–H and O–H groups in total. The smallest absolute Gasteiger partial charge is 0.104 e. The predicted octanol–water partition coefficient (Wildman–Crippen LogP) is 1.22. The van der Waals surface area contributed by atoms with Crippen LogP contribution in [0.2, 0.25) is 0 Å². The van der Waals surface area contributed by atoms with Gasteiger partial charge in [-0.15, -0.1) is 0 Å². The van der Waals surface area contributed by atoms with Crippen molar-refractivity contribution in [1.29, 1.82) is 0 Å². The zero-order valence-electron chi connectivity index (χ0n) is 7.36. The normalized spacial score (nSPS) is 10.6. The summed E-state index contributed by atoms with van der Waals surface area (Å²) in [5, 5.41) is 5.80. The zero-order valence-corrected chi connectivity index (χ0v) is 7.36. The van der Waals surface area contributed by atoms with Gasteiger partial charge in [0.15, 0.2) is 0 Å². The fraction of sp³-hybridized carbons (Fsp3) is 0.375. The number of amidine groups is 1. The molecule has 0 bridgehead atoms. The van der Waals surface area contributed by atoms with Crippen molar-refractivity contribution < 1.29 is 0 Å². The summed E-state index contributed by atoms with van der Waals surface area (Å²) in [5.41, 5.74) is 0.777. The number of hydrogen-bond donors (Lipinski definition) is 2. The van der Waals surface area contributed by atoms with E-state index in [1.807, 2.05) is 13.8 Å². The van der Waals surface area contributed by atoms with Crippen molar-refractivity contribution in [1.82, 2.24) is 10.6 Å². The van der Waals surface area contributed by atoms with Gasteiger partial charge in [0.1, 0.15) is 5.84 Å². The third kappa shape index (κ3) is 5.21. The molecule has 0 aromatic heterocycles. The van der Waals surface area contributed by atoms with Crippen LogP contribution in [0, 0.1) is 0 Å². The highest BCUT2D eigenvalue weighted by atomic mass is 15.1. The number of allylic oxidation sites excluding steroid dienone is 1. The van der Waals surface area contributed by atoms with Crippen molar-refractivity contribution in [3.05, 3.63) is 24.7 Å². The maximum absolute atomic E-state index is 4.08. The van der Waals surface area contributed by atoms with Crippen molar-refractivity contribution >= 4 is 5.84 Å². The summed E-state index contributed by atoms with van der Waals surface area (Å²) in [6.45, 7) is 11.0. The van der Waals surface area contributed by atoms with Crippen molar-refractivity contribution in [3.8, 4) is 0 Å². The summed E-state index contributed by atoms with van der Waals surface area (Å²) in [5.74, 6) is 1.52. The third-order valence-corrected chi connectivity index (χ3v) is 0.992. The minimum atomic E-state index is 0.729. The Hall–Kier alpha value is -1.25. The molecule has 3 nitrogen and oxygen atoms in total. The molecule has 0 aliphatic rings. The van der Waals surface area contributed by atoms with Gasteiger partial charge in [-0.1, -0.05) is 13.2 Å². The Kier molecular flexibility index (Phi) is 4.03. The van der Waals surface area contributed by atoms with Gasteiger partial charge in [0, 0.05) is 12.7 Å². The first-order valence-electron chi connectivity index (χ1n) is 3.40. The first-order valence-corrected chi connectivity index (χ1v) is 3.40. The second-order valence-electron chi connectivity index (χ2n) is 2.29. The molecule has 0 saturated heterocycles. The Morgan fingerprint density at radius 2 is 1.82 bits per heavy atom. The summed E-state index contributed by atoms with van der Waals surface area (Å²) in [7, 11) is 1.80. The molecule has 0 aliphatic carbocycles. The van der Waals surface area contributed by atoms with E-state index in [2.05, 4.69) is 28.8 Å². The van der Waals surface area contributed by atoms with E-state index < -0.39 is 0 Å². The number of rotatable bonds is 3. The molecular formula is C8H15N3. The molecule has 11 heavy (non-hydrogen) atoms. The molecule has 0 heterocycles. The molecule has 3 heteroatoms. The lowest BCUT2D eigenvalue weighted by molar-refractivity contribution is 0.899. The number of hydrogen-bond acceptors (Lipinski definition) is 2. The Morgan fingerprint density at radius 3 is 2.18 bits per heavy atom. The van der Waals surface area contributed by atoms with Crippen molar-refractivity contribution in [2.24, 2.45) is 4.99 Å². The van der Waals surface area contributed by atoms with Crippen molar-refractivity contribution in [2.75, 3.05) is 7.05 Å². The molecule has 0 saturated carbocycles. The molecule has 0 atom stereocenters. The largest absolute Gasteiger partial charge is 0.375 e. The van der Waals surface area contributed by atoms with Gasteiger partial charge < -0.3 is 10.6 Å². The van der Waals surface area contributed by atoms with Crippen LogP contribution >= 0.6 is 0 Å². The van der Waals surface area contributed by atoms with Crippen LogP contribution in [0.3, 0.4) is 0 Å². The second-order valence-corrected chi connectivity index (χ2v) is 2.29. The molecule has 0 amide bonds.